The molecule has 1 aliphatic rings. The topological polar surface area (TPSA) is 75.7 Å². The number of ether oxygens (including phenoxy) is 1. The number of rotatable bonds is 2. The smallest absolute Gasteiger partial charge is 0.396 e. The standard InChI is InChI=1S/C13H13ClN2O4/c1-20-13(19)12(18)15-9-7-8(14)4-5-10(9)16-6-2-3-11(16)17/h4-5,7H,2-3,6H2,1H3,(H,15,18). The lowest BCUT2D eigenvalue weighted by molar-refractivity contribution is -0.150. The van der Waals surface area contributed by atoms with Gasteiger partial charge in [0.15, 0.2) is 0 Å². The van der Waals surface area contributed by atoms with Crippen molar-refractivity contribution in [3.8, 4) is 0 Å². The van der Waals surface area contributed by atoms with Crippen molar-refractivity contribution in [1.82, 2.24) is 0 Å². The molecule has 1 aliphatic heterocycles. The Morgan fingerprint density at radius 2 is 2.15 bits per heavy atom. The lowest BCUT2D eigenvalue weighted by atomic mass is 10.2. The highest BCUT2D eigenvalue weighted by atomic mass is 35.5. The molecule has 2 rings (SSSR count). The number of carbonyl (C=O) groups is 3. The maximum absolute atomic E-state index is 11.8. The highest BCUT2D eigenvalue weighted by molar-refractivity contribution is 6.38. The lowest BCUT2D eigenvalue weighted by Crippen LogP contribution is -2.28. The van der Waals surface area contributed by atoms with Gasteiger partial charge in [0.25, 0.3) is 0 Å². The minimum atomic E-state index is -1.01. The van der Waals surface area contributed by atoms with Gasteiger partial charge in [0.05, 0.1) is 18.5 Å². The van der Waals surface area contributed by atoms with E-state index in [4.69, 9.17) is 11.6 Å². The van der Waals surface area contributed by atoms with Gasteiger partial charge in [-0.05, 0) is 24.6 Å². The monoisotopic (exact) mass is 296 g/mol. The first-order chi connectivity index (χ1) is 9.52. The van der Waals surface area contributed by atoms with Gasteiger partial charge in [0, 0.05) is 18.0 Å². The van der Waals surface area contributed by atoms with E-state index in [-0.39, 0.29) is 5.91 Å². The van der Waals surface area contributed by atoms with Gasteiger partial charge in [-0.15, -0.1) is 0 Å². The van der Waals surface area contributed by atoms with Crippen molar-refractivity contribution in [3.63, 3.8) is 0 Å². The third-order valence-electron chi connectivity index (χ3n) is 2.94. The fourth-order valence-electron chi connectivity index (χ4n) is 2.01. The molecular weight excluding hydrogens is 284 g/mol. The van der Waals surface area contributed by atoms with Crippen LogP contribution in [0.2, 0.25) is 5.02 Å². The van der Waals surface area contributed by atoms with Crippen molar-refractivity contribution in [2.75, 3.05) is 23.9 Å². The molecule has 1 aromatic rings. The van der Waals surface area contributed by atoms with E-state index in [9.17, 15) is 14.4 Å². The average molecular weight is 297 g/mol. The largest absolute Gasteiger partial charge is 0.462 e. The summed E-state index contributed by atoms with van der Waals surface area (Å²) in [5.41, 5.74) is 0.831. The molecule has 0 atom stereocenters. The van der Waals surface area contributed by atoms with Crippen LogP contribution < -0.4 is 10.2 Å². The summed E-state index contributed by atoms with van der Waals surface area (Å²) >= 11 is 5.89. The van der Waals surface area contributed by atoms with Crippen molar-refractivity contribution >= 4 is 40.8 Å². The second-order valence-electron chi connectivity index (χ2n) is 4.26. The second kappa shape index (κ2) is 5.92. The molecule has 1 saturated heterocycles. The number of amides is 2. The van der Waals surface area contributed by atoms with Crippen molar-refractivity contribution in [1.29, 1.82) is 0 Å². The number of methoxy groups -OCH3 is 1. The number of hydrogen-bond donors (Lipinski definition) is 1. The Balaban J connectivity index is 2.31. The maximum Gasteiger partial charge on any atom is 0.396 e. The third-order valence-corrected chi connectivity index (χ3v) is 3.18. The molecule has 2 amide bonds. The fourth-order valence-corrected chi connectivity index (χ4v) is 2.18. The maximum atomic E-state index is 11.8. The molecule has 0 aromatic heterocycles. The summed E-state index contributed by atoms with van der Waals surface area (Å²) < 4.78 is 4.34. The first-order valence-corrected chi connectivity index (χ1v) is 6.40. The highest BCUT2D eigenvalue weighted by Gasteiger charge is 2.25. The van der Waals surface area contributed by atoms with E-state index in [1.165, 1.54) is 6.07 Å². The number of esters is 1. The van der Waals surface area contributed by atoms with Crippen LogP contribution in [0.25, 0.3) is 0 Å². The average Bonchev–Trinajstić information content (AvgIpc) is 2.84. The van der Waals surface area contributed by atoms with Gasteiger partial charge in [-0.25, -0.2) is 4.79 Å². The molecule has 0 spiro atoms. The van der Waals surface area contributed by atoms with Gasteiger partial charge < -0.3 is 15.0 Å². The van der Waals surface area contributed by atoms with E-state index in [0.717, 1.165) is 13.5 Å². The van der Waals surface area contributed by atoms with Crippen LogP contribution in [0.5, 0.6) is 0 Å². The zero-order chi connectivity index (χ0) is 14.7. The zero-order valence-corrected chi connectivity index (χ0v) is 11.6. The van der Waals surface area contributed by atoms with Crippen molar-refractivity contribution < 1.29 is 19.1 Å². The quantitative estimate of drug-likeness (QED) is 0.664. The van der Waals surface area contributed by atoms with Crippen LogP contribution in [0.15, 0.2) is 18.2 Å². The Bertz CT molecular complexity index is 573. The van der Waals surface area contributed by atoms with Crippen LogP contribution in [0, 0.1) is 0 Å². The number of nitrogens with zero attached hydrogens (tertiary/aromatic N) is 1. The second-order valence-corrected chi connectivity index (χ2v) is 4.69. The Labute approximate surface area is 120 Å². The summed E-state index contributed by atoms with van der Waals surface area (Å²) in [7, 11) is 1.12. The molecule has 0 radical (unpaired) electrons. The number of benzene rings is 1. The third kappa shape index (κ3) is 2.91. The van der Waals surface area contributed by atoms with E-state index in [0.29, 0.717) is 29.4 Å². The number of carbonyl (C=O) groups excluding carboxylic acids is 3. The first-order valence-electron chi connectivity index (χ1n) is 6.02. The Kier molecular flexibility index (Phi) is 4.24. The molecule has 1 heterocycles. The summed E-state index contributed by atoms with van der Waals surface area (Å²) in [5, 5.41) is 2.80. The predicted molar refractivity (Wildman–Crippen MR) is 73.7 cm³/mol. The molecule has 7 heteroatoms. The van der Waals surface area contributed by atoms with Crippen LogP contribution in [-0.4, -0.2) is 31.4 Å². The molecule has 6 nitrogen and oxygen atoms in total. The Morgan fingerprint density at radius 1 is 1.40 bits per heavy atom. The molecule has 1 fully saturated rings. The number of hydrogen-bond acceptors (Lipinski definition) is 4. The lowest BCUT2D eigenvalue weighted by Gasteiger charge is -2.20. The fraction of sp³-hybridized carbons (Fsp3) is 0.308. The van der Waals surface area contributed by atoms with E-state index in [1.54, 1.807) is 17.0 Å². The van der Waals surface area contributed by atoms with Crippen LogP contribution in [-0.2, 0) is 19.1 Å². The number of anilines is 2. The molecular formula is C13H13ClN2O4. The minimum Gasteiger partial charge on any atom is -0.462 e. The summed E-state index contributed by atoms with van der Waals surface area (Å²) in [6, 6.07) is 4.75. The SMILES string of the molecule is COC(=O)C(=O)Nc1cc(Cl)ccc1N1CCCC1=O. The van der Waals surface area contributed by atoms with E-state index in [1.807, 2.05) is 0 Å². The van der Waals surface area contributed by atoms with Gasteiger partial charge >= 0.3 is 11.9 Å². The molecule has 1 aromatic carbocycles. The molecule has 20 heavy (non-hydrogen) atoms. The van der Waals surface area contributed by atoms with E-state index in [2.05, 4.69) is 10.1 Å². The van der Waals surface area contributed by atoms with Gasteiger partial charge in [-0.2, -0.15) is 0 Å². The van der Waals surface area contributed by atoms with Gasteiger partial charge in [-0.3, -0.25) is 9.59 Å². The highest BCUT2D eigenvalue weighted by Crippen LogP contribution is 2.32. The van der Waals surface area contributed by atoms with Gasteiger partial charge in [-0.1, -0.05) is 11.6 Å². The molecule has 106 valence electrons. The summed E-state index contributed by atoms with van der Waals surface area (Å²) in [6.45, 7) is 0.571. The number of nitrogens with one attached hydrogen (secondary N) is 1. The van der Waals surface area contributed by atoms with Crippen LogP contribution in [0.1, 0.15) is 12.8 Å². The molecule has 0 unspecified atom stereocenters. The summed E-state index contributed by atoms with van der Waals surface area (Å²) in [4.78, 5) is 36.1. The Morgan fingerprint density at radius 3 is 2.75 bits per heavy atom. The van der Waals surface area contributed by atoms with Crippen LogP contribution in [0.4, 0.5) is 11.4 Å². The van der Waals surface area contributed by atoms with Gasteiger partial charge in [0.2, 0.25) is 5.91 Å². The minimum absolute atomic E-state index is 0.0270. The van der Waals surface area contributed by atoms with Crippen LogP contribution in [0.3, 0.4) is 0 Å². The normalized spacial score (nSPS) is 14.3. The van der Waals surface area contributed by atoms with Crippen LogP contribution >= 0.6 is 11.6 Å². The molecule has 1 N–H and O–H groups in total. The molecule has 0 saturated carbocycles. The Hall–Kier alpha value is -2.08. The molecule has 0 aliphatic carbocycles. The van der Waals surface area contributed by atoms with Crippen molar-refractivity contribution in [2.45, 2.75) is 12.8 Å². The van der Waals surface area contributed by atoms with E-state index < -0.39 is 11.9 Å². The van der Waals surface area contributed by atoms with Gasteiger partial charge in [0.1, 0.15) is 0 Å². The van der Waals surface area contributed by atoms with E-state index >= 15 is 0 Å². The summed E-state index contributed by atoms with van der Waals surface area (Å²) in [6.07, 6.45) is 1.22. The first kappa shape index (κ1) is 14.3. The summed E-state index contributed by atoms with van der Waals surface area (Å²) in [5.74, 6) is -1.95. The van der Waals surface area contributed by atoms with Crippen molar-refractivity contribution in [3.05, 3.63) is 23.2 Å². The molecule has 0 bridgehead atoms. The number of halogens is 1. The predicted octanol–water partition coefficient (Wildman–Crippen LogP) is 1.58. The van der Waals surface area contributed by atoms with Crippen molar-refractivity contribution in [2.24, 2.45) is 0 Å². The zero-order valence-electron chi connectivity index (χ0n) is 10.8.